The highest BCUT2D eigenvalue weighted by atomic mass is 16.6. The summed E-state index contributed by atoms with van der Waals surface area (Å²) in [6, 6.07) is 16.0. The summed E-state index contributed by atoms with van der Waals surface area (Å²) in [5.41, 5.74) is 1.18. The number of hydrogen-bond acceptors (Lipinski definition) is 5. The number of amides is 1. The van der Waals surface area contributed by atoms with Crippen LogP contribution in [0.2, 0.25) is 0 Å². The van der Waals surface area contributed by atoms with Gasteiger partial charge in [0.2, 0.25) is 0 Å². The number of ether oxygens (including phenoxy) is 1. The first kappa shape index (κ1) is 18.8. The van der Waals surface area contributed by atoms with Crippen molar-refractivity contribution in [1.82, 2.24) is 10.2 Å². The zero-order valence-corrected chi connectivity index (χ0v) is 15.0. The molecular weight excluding hydrogens is 346 g/mol. The third-order valence-electron chi connectivity index (χ3n) is 4.68. The van der Waals surface area contributed by atoms with Crippen molar-refractivity contribution in [2.45, 2.75) is 18.9 Å². The van der Waals surface area contributed by atoms with Gasteiger partial charge in [0.25, 0.3) is 11.6 Å². The number of benzene rings is 2. The lowest BCUT2D eigenvalue weighted by atomic mass is 10.1. The molecule has 1 N–H and O–H groups in total. The lowest BCUT2D eigenvalue weighted by Gasteiger charge is -2.28. The van der Waals surface area contributed by atoms with Crippen LogP contribution in [-0.4, -0.2) is 42.0 Å². The number of nitrogens with one attached hydrogen (secondary N) is 1. The molecule has 7 heteroatoms. The highest BCUT2D eigenvalue weighted by molar-refractivity contribution is 5.77. The second-order valence-electron chi connectivity index (χ2n) is 6.51. The largest absolute Gasteiger partial charge is 0.484 e. The summed E-state index contributed by atoms with van der Waals surface area (Å²) in [5.74, 6) is 0.211. The smallest absolute Gasteiger partial charge is 0.269 e. The minimum atomic E-state index is -0.474. The zero-order chi connectivity index (χ0) is 19.1. The van der Waals surface area contributed by atoms with Crippen molar-refractivity contribution in [2.75, 3.05) is 26.2 Å². The van der Waals surface area contributed by atoms with Crippen molar-refractivity contribution in [1.29, 1.82) is 0 Å². The Morgan fingerprint density at radius 2 is 1.78 bits per heavy atom. The molecular formula is C20H23N3O4. The summed E-state index contributed by atoms with van der Waals surface area (Å²) in [7, 11) is 0. The zero-order valence-electron chi connectivity index (χ0n) is 15.0. The molecule has 2 aromatic carbocycles. The van der Waals surface area contributed by atoms with Crippen LogP contribution < -0.4 is 10.1 Å². The normalized spacial score (nSPS) is 15.3. The quantitative estimate of drug-likeness (QED) is 0.571. The highest BCUT2D eigenvalue weighted by Crippen LogP contribution is 2.24. The van der Waals surface area contributed by atoms with Crippen LogP contribution >= 0.6 is 0 Å². The van der Waals surface area contributed by atoms with Gasteiger partial charge in [-0.1, -0.05) is 30.3 Å². The first-order valence-corrected chi connectivity index (χ1v) is 9.06. The van der Waals surface area contributed by atoms with Crippen LogP contribution in [0.25, 0.3) is 0 Å². The van der Waals surface area contributed by atoms with Gasteiger partial charge >= 0.3 is 0 Å². The standard InChI is InChI=1S/C20H23N3O4/c24-20(15-27-18-10-8-17(9-11-18)23(25)26)21-14-19(22-12-4-5-13-22)16-6-2-1-3-7-16/h1-3,6-11,19H,4-5,12-15H2,(H,21,24). The van der Waals surface area contributed by atoms with E-state index in [1.165, 1.54) is 42.7 Å². The van der Waals surface area contributed by atoms with Gasteiger partial charge in [0.05, 0.1) is 11.0 Å². The number of non-ortho nitro benzene ring substituents is 1. The Kier molecular flexibility index (Phi) is 6.38. The van der Waals surface area contributed by atoms with Crippen molar-refractivity contribution < 1.29 is 14.5 Å². The van der Waals surface area contributed by atoms with Crippen LogP contribution in [-0.2, 0) is 4.79 Å². The van der Waals surface area contributed by atoms with E-state index in [4.69, 9.17) is 4.74 Å². The summed E-state index contributed by atoms with van der Waals surface area (Å²) in [4.78, 5) is 24.8. The third kappa shape index (κ3) is 5.27. The number of nitrogens with zero attached hydrogens (tertiary/aromatic N) is 2. The minimum Gasteiger partial charge on any atom is -0.484 e. The Morgan fingerprint density at radius 1 is 1.11 bits per heavy atom. The minimum absolute atomic E-state index is 0.0110. The Labute approximate surface area is 158 Å². The predicted molar refractivity (Wildman–Crippen MR) is 102 cm³/mol. The summed E-state index contributed by atoms with van der Waals surface area (Å²) in [6.45, 7) is 2.47. The molecule has 1 fully saturated rings. The molecule has 7 nitrogen and oxygen atoms in total. The molecule has 1 unspecified atom stereocenters. The predicted octanol–water partition coefficient (Wildman–Crippen LogP) is 2.93. The molecule has 1 amide bonds. The number of rotatable bonds is 8. The van der Waals surface area contributed by atoms with E-state index in [1.54, 1.807) is 0 Å². The molecule has 1 aliphatic heterocycles. The van der Waals surface area contributed by atoms with Crippen molar-refractivity contribution in [2.24, 2.45) is 0 Å². The molecule has 142 valence electrons. The van der Waals surface area contributed by atoms with Crippen LogP contribution in [0.15, 0.2) is 54.6 Å². The first-order valence-electron chi connectivity index (χ1n) is 9.06. The van der Waals surface area contributed by atoms with E-state index in [-0.39, 0.29) is 24.2 Å². The Morgan fingerprint density at radius 3 is 2.41 bits per heavy atom. The maximum Gasteiger partial charge on any atom is 0.269 e. The molecule has 1 aliphatic rings. The number of carbonyl (C=O) groups excluding carboxylic acids is 1. The molecule has 0 aromatic heterocycles. The van der Waals surface area contributed by atoms with Gasteiger partial charge in [-0.2, -0.15) is 0 Å². The number of likely N-dealkylation sites (tertiary alicyclic amines) is 1. The van der Waals surface area contributed by atoms with Crippen molar-refractivity contribution >= 4 is 11.6 Å². The number of nitro benzene ring substituents is 1. The van der Waals surface area contributed by atoms with E-state index in [9.17, 15) is 14.9 Å². The molecule has 1 heterocycles. The Hall–Kier alpha value is -2.93. The van der Waals surface area contributed by atoms with Crippen LogP contribution in [0, 0.1) is 10.1 Å². The van der Waals surface area contributed by atoms with Gasteiger partial charge in [-0.05, 0) is 43.6 Å². The average molecular weight is 369 g/mol. The van der Waals surface area contributed by atoms with Crippen molar-refractivity contribution in [3.05, 3.63) is 70.3 Å². The third-order valence-corrected chi connectivity index (χ3v) is 4.68. The van der Waals surface area contributed by atoms with E-state index >= 15 is 0 Å². The van der Waals surface area contributed by atoms with Gasteiger partial charge in [0, 0.05) is 18.7 Å². The second kappa shape index (κ2) is 9.14. The molecule has 0 saturated carbocycles. The van der Waals surface area contributed by atoms with Gasteiger partial charge in [-0.3, -0.25) is 19.8 Å². The SMILES string of the molecule is O=C(COc1ccc([N+](=O)[O-])cc1)NCC(c1ccccc1)N1CCCC1. The molecule has 3 rings (SSSR count). The van der Waals surface area contributed by atoms with Gasteiger partial charge in [-0.15, -0.1) is 0 Å². The molecule has 2 aromatic rings. The fourth-order valence-corrected chi connectivity index (χ4v) is 3.26. The van der Waals surface area contributed by atoms with E-state index in [2.05, 4.69) is 22.3 Å². The summed E-state index contributed by atoms with van der Waals surface area (Å²) in [5, 5.41) is 13.6. The Bertz CT molecular complexity index is 759. The van der Waals surface area contributed by atoms with E-state index in [0.717, 1.165) is 13.1 Å². The lowest BCUT2D eigenvalue weighted by Crippen LogP contribution is -2.38. The molecule has 0 radical (unpaired) electrons. The fraction of sp³-hybridized carbons (Fsp3) is 0.350. The monoisotopic (exact) mass is 369 g/mol. The molecule has 0 spiro atoms. The molecule has 1 saturated heterocycles. The average Bonchev–Trinajstić information content (AvgIpc) is 3.22. The van der Waals surface area contributed by atoms with Gasteiger partial charge in [0.1, 0.15) is 5.75 Å². The van der Waals surface area contributed by atoms with Crippen LogP contribution in [0.5, 0.6) is 5.75 Å². The highest BCUT2D eigenvalue weighted by Gasteiger charge is 2.23. The first-order chi connectivity index (χ1) is 13.1. The van der Waals surface area contributed by atoms with E-state index in [0.29, 0.717) is 12.3 Å². The molecule has 0 aliphatic carbocycles. The van der Waals surface area contributed by atoms with Crippen LogP contribution in [0.4, 0.5) is 5.69 Å². The van der Waals surface area contributed by atoms with Crippen LogP contribution in [0.3, 0.4) is 0 Å². The van der Waals surface area contributed by atoms with E-state index < -0.39 is 4.92 Å². The van der Waals surface area contributed by atoms with Crippen LogP contribution in [0.1, 0.15) is 24.4 Å². The fourth-order valence-electron chi connectivity index (χ4n) is 3.26. The van der Waals surface area contributed by atoms with Gasteiger partial charge < -0.3 is 10.1 Å². The van der Waals surface area contributed by atoms with E-state index in [1.807, 2.05) is 18.2 Å². The maximum absolute atomic E-state index is 12.2. The second-order valence-corrected chi connectivity index (χ2v) is 6.51. The summed E-state index contributed by atoms with van der Waals surface area (Å²) in [6.07, 6.45) is 2.36. The lowest BCUT2D eigenvalue weighted by molar-refractivity contribution is -0.384. The van der Waals surface area contributed by atoms with Gasteiger partial charge in [-0.25, -0.2) is 0 Å². The van der Waals surface area contributed by atoms with Gasteiger partial charge in [0.15, 0.2) is 6.61 Å². The number of nitro groups is 1. The molecule has 0 bridgehead atoms. The van der Waals surface area contributed by atoms with Crippen molar-refractivity contribution in [3.8, 4) is 5.75 Å². The Balaban J connectivity index is 1.52. The topological polar surface area (TPSA) is 84.7 Å². The maximum atomic E-state index is 12.2. The molecule has 1 atom stereocenters. The van der Waals surface area contributed by atoms with Crippen molar-refractivity contribution in [3.63, 3.8) is 0 Å². The summed E-state index contributed by atoms with van der Waals surface area (Å²) >= 11 is 0. The number of carbonyl (C=O) groups is 1. The molecule has 27 heavy (non-hydrogen) atoms. The summed E-state index contributed by atoms with van der Waals surface area (Å²) < 4.78 is 5.42. The number of hydrogen-bond donors (Lipinski definition) is 1.